The van der Waals surface area contributed by atoms with E-state index in [0.717, 1.165) is 12.0 Å². The van der Waals surface area contributed by atoms with Gasteiger partial charge in [0.2, 0.25) is 5.91 Å². The number of carbonyl (C=O) groups is 2. The van der Waals surface area contributed by atoms with E-state index in [1.54, 1.807) is 6.92 Å². The summed E-state index contributed by atoms with van der Waals surface area (Å²) in [7, 11) is 0. The average Bonchev–Trinajstić information content (AvgIpc) is 2.52. The Balaban J connectivity index is 1.85. The van der Waals surface area contributed by atoms with Gasteiger partial charge in [0, 0.05) is 0 Å². The molecule has 5 heteroatoms. The van der Waals surface area contributed by atoms with Gasteiger partial charge in [-0.25, -0.2) is 4.39 Å². The lowest BCUT2D eigenvalue weighted by Gasteiger charge is -2.35. The van der Waals surface area contributed by atoms with Gasteiger partial charge in [-0.15, -0.1) is 0 Å². The molecule has 1 amide bonds. The van der Waals surface area contributed by atoms with Gasteiger partial charge < -0.3 is 10.4 Å². The molecule has 0 aliphatic heterocycles. The summed E-state index contributed by atoms with van der Waals surface area (Å²) in [5.74, 6) is -1.87. The van der Waals surface area contributed by atoms with Crippen LogP contribution in [0.1, 0.15) is 36.1 Å². The molecule has 0 fully saturated rings. The maximum atomic E-state index is 13.2. The maximum Gasteiger partial charge on any atom is 0.304 e. The van der Waals surface area contributed by atoms with E-state index in [1.165, 1.54) is 29.8 Å². The fourth-order valence-corrected chi connectivity index (χ4v) is 3.14. The Morgan fingerprint density at radius 2 is 1.88 bits per heavy atom. The van der Waals surface area contributed by atoms with E-state index in [-0.39, 0.29) is 18.4 Å². The lowest BCUT2D eigenvalue weighted by molar-refractivity contribution is -0.142. The van der Waals surface area contributed by atoms with Crippen LogP contribution in [0.4, 0.5) is 4.39 Å². The van der Waals surface area contributed by atoms with Crippen molar-refractivity contribution in [1.82, 2.24) is 5.32 Å². The number of carboxylic acid groups (broad SMARTS) is 1. The maximum absolute atomic E-state index is 13.2. The number of amides is 1. The molecule has 0 saturated carbocycles. The van der Waals surface area contributed by atoms with Gasteiger partial charge in [0.25, 0.3) is 0 Å². The van der Waals surface area contributed by atoms with Crippen molar-refractivity contribution in [2.75, 3.05) is 0 Å². The molecule has 4 nitrogen and oxygen atoms in total. The van der Waals surface area contributed by atoms with Crippen molar-refractivity contribution in [2.45, 2.75) is 31.2 Å². The molecule has 2 aromatic rings. The number of fused-ring (bicyclic) bond motifs is 1. The fourth-order valence-electron chi connectivity index (χ4n) is 3.14. The SMILES string of the molecule is CC(CC(=O)O)(C(=O)NC1Cc2ccccc21)c1ccc(F)cc1. The van der Waals surface area contributed by atoms with E-state index in [4.69, 9.17) is 0 Å². The Bertz CT molecular complexity index is 787. The number of aliphatic carboxylic acids is 1. The summed E-state index contributed by atoms with van der Waals surface area (Å²) in [5, 5.41) is 12.2. The molecule has 2 aromatic carbocycles. The first-order valence-electron chi connectivity index (χ1n) is 7.77. The summed E-state index contributed by atoms with van der Waals surface area (Å²) >= 11 is 0. The minimum atomic E-state index is -1.26. The van der Waals surface area contributed by atoms with Crippen molar-refractivity contribution in [3.8, 4) is 0 Å². The average molecular weight is 327 g/mol. The molecule has 24 heavy (non-hydrogen) atoms. The molecule has 0 radical (unpaired) electrons. The third-order valence-corrected chi connectivity index (χ3v) is 4.65. The second kappa shape index (κ2) is 6.07. The second-order valence-electron chi connectivity index (χ2n) is 6.34. The van der Waals surface area contributed by atoms with Gasteiger partial charge in [-0.1, -0.05) is 36.4 Å². The van der Waals surface area contributed by atoms with Crippen LogP contribution in [-0.2, 0) is 21.4 Å². The highest BCUT2D eigenvalue weighted by Gasteiger charge is 2.40. The van der Waals surface area contributed by atoms with Crippen molar-refractivity contribution in [3.05, 3.63) is 71.0 Å². The van der Waals surface area contributed by atoms with Gasteiger partial charge in [0.15, 0.2) is 0 Å². The van der Waals surface area contributed by atoms with Gasteiger partial charge >= 0.3 is 5.97 Å². The van der Waals surface area contributed by atoms with Crippen LogP contribution in [0.5, 0.6) is 0 Å². The normalized spacial score (nSPS) is 18.0. The molecular formula is C19H18FNO3. The number of halogens is 1. The second-order valence-corrected chi connectivity index (χ2v) is 6.34. The van der Waals surface area contributed by atoms with Crippen LogP contribution >= 0.6 is 0 Å². The molecule has 2 N–H and O–H groups in total. The Morgan fingerprint density at radius 3 is 2.50 bits per heavy atom. The van der Waals surface area contributed by atoms with Crippen molar-refractivity contribution in [3.63, 3.8) is 0 Å². The van der Waals surface area contributed by atoms with Crippen LogP contribution in [-0.4, -0.2) is 17.0 Å². The predicted molar refractivity (Wildman–Crippen MR) is 87.0 cm³/mol. The lowest BCUT2D eigenvalue weighted by atomic mass is 9.77. The summed E-state index contributed by atoms with van der Waals surface area (Å²) < 4.78 is 13.2. The topological polar surface area (TPSA) is 66.4 Å². The monoisotopic (exact) mass is 327 g/mol. The van der Waals surface area contributed by atoms with Crippen LogP contribution in [0.15, 0.2) is 48.5 Å². The number of hydrogen-bond acceptors (Lipinski definition) is 2. The Kier molecular flexibility index (Phi) is 4.09. The highest BCUT2D eigenvalue weighted by molar-refractivity contribution is 5.92. The number of rotatable bonds is 5. The van der Waals surface area contributed by atoms with Crippen molar-refractivity contribution >= 4 is 11.9 Å². The third kappa shape index (κ3) is 2.89. The minimum Gasteiger partial charge on any atom is -0.481 e. The number of benzene rings is 2. The molecule has 1 aliphatic carbocycles. The van der Waals surface area contributed by atoms with E-state index in [2.05, 4.69) is 5.32 Å². The summed E-state index contributed by atoms with van der Waals surface area (Å²) in [6.45, 7) is 1.58. The van der Waals surface area contributed by atoms with Crippen LogP contribution in [0.25, 0.3) is 0 Å². The van der Waals surface area contributed by atoms with Gasteiger partial charge in [0.05, 0.1) is 17.9 Å². The van der Waals surface area contributed by atoms with Crippen molar-refractivity contribution < 1.29 is 19.1 Å². The van der Waals surface area contributed by atoms with Gasteiger partial charge in [-0.3, -0.25) is 9.59 Å². The van der Waals surface area contributed by atoms with Crippen molar-refractivity contribution in [1.29, 1.82) is 0 Å². The highest BCUT2D eigenvalue weighted by Crippen LogP contribution is 2.35. The standard InChI is InChI=1S/C19H18FNO3/c1-19(11-17(22)23,13-6-8-14(20)9-7-13)18(24)21-16-10-12-4-2-3-5-15(12)16/h2-9,16H,10-11H2,1H3,(H,21,24)(H,22,23). The molecule has 0 aromatic heterocycles. The molecule has 124 valence electrons. The van der Waals surface area contributed by atoms with Crippen LogP contribution < -0.4 is 5.32 Å². The number of nitrogens with one attached hydrogen (secondary N) is 1. The first-order chi connectivity index (χ1) is 11.4. The molecule has 0 saturated heterocycles. The Hall–Kier alpha value is -2.69. The molecule has 2 unspecified atom stereocenters. The molecule has 2 atom stereocenters. The number of carboxylic acids is 1. The third-order valence-electron chi connectivity index (χ3n) is 4.65. The quantitative estimate of drug-likeness (QED) is 0.887. The first kappa shape index (κ1) is 16.2. The van der Waals surface area contributed by atoms with Crippen molar-refractivity contribution in [2.24, 2.45) is 0 Å². The minimum absolute atomic E-state index is 0.109. The smallest absolute Gasteiger partial charge is 0.304 e. The van der Waals surface area contributed by atoms with E-state index >= 15 is 0 Å². The van der Waals surface area contributed by atoms with E-state index in [9.17, 15) is 19.1 Å². The van der Waals surface area contributed by atoms with E-state index in [1.807, 2.05) is 24.3 Å². The van der Waals surface area contributed by atoms with Crippen LogP contribution in [0.3, 0.4) is 0 Å². The number of carbonyl (C=O) groups excluding carboxylic acids is 1. The Morgan fingerprint density at radius 1 is 1.21 bits per heavy atom. The van der Waals surface area contributed by atoms with Gasteiger partial charge in [-0.2, -0.15) is 0 Å². The summed E-state index contributed by atoms with van der Waals surface area (Å²) in [5.41, 5.74) is 1.47. The molecule has 3 rings (SSSR count). The highest BCUT2D eigenvalue weighted by atomic mass is 19.1. The fraction of sp³-hybridized carbons (Fsp3) is 0.263. The van der Waals surface area contributed by atoms with E-state index < -0.39 is 17.2 Å². The van der Waals surface area contributed by atoms with E-state index in [0.29, 0.717) is 5.56 Å². The zero-order valence-electron chi connectivity index (χ0n) is 13.3. The predicted octanol–water partition coefficient (Wildman–Crippen LogP) is 2.97. The molecule has 0 spiro atoms. The largest absolute Gasteiger partial charge is 0.481 e. The van der Waals surface area contributed by atoms with Gasteiger partial charge in [-0.05, 0) is 42.2 Å². The van der Waals surface area contributed by atoms with Crippen LogP contribution in [0.2, 0.25) is 0 Å². The number of hydrogen-bond donors (Lipinski definition) is 2. The zero-order chi connectivity index (χ0) is 17.3. The molecule has 0 heterocycles. The summed E-state index contributed by atoms with van der Waals surface area (Å²) in [6.07, 6.45) is 0.368. The van der Waals surface area contributed by atoms with Gasteiger partial charge in [0.1, 0.15) is 5.82 Å². The summed E-state index contributed by atoms with van der Waals surface area (Å²) in [4.78, 5) is 24.1. The molecular weight excluding hydrogens is 309 g/mol. The summed E-state index contributed by atoms with van der Waals surface area (Å²) in [6, 6.07) is 13.1. The Labute approximate surface area is 139 Å². The molecule has 0 bridgehead atoms. The first-order valence-corrected chi connectivity index (χ1v) is 7.77. The zero-order valence-corrected chi connectivity index (χ0v) is 13.3. The van der Waals surface area contributed by atoms with Crippen LogP contribution in [0, 0.1) is 5.82 Å². The lowest BCUT2D eigenvalue weighted by Crippen LogP contribution is -2.47. The molecule has 1 aliphatic rings.